The van der Waals surface area contributed by atoms with Crippen molar-refractivity contribution >= 4 is 21.9 Å². The number of carbonyl (C=O) groups is 1. The van der Waals surface area contributed by atoms with Gasteiger partial charge in [-0.25, -0.2) is 0 Å². The van der Waals surface area contributed by atoms with Crippen LogP contribution in [0.25, 0.3) is 0 Å². The van der Waals surface area contributed by atoms with Gasteiger partial charge in [-0.3, -0.25) is 9.69 Å². The molecule has 1 aromatic rings. The molecule has 0 saturated carbocycles. The van der Waals surface area contributed by atoms with Gasteiger partial charge in [0, 0.05) is 17.6 Å². The van der Waals surface area contributed by atoms with E-state index in [2.05, 4.69) is 46.0 Å². The maximum absolute atomic E-state index is 11.3. The Hall–Kier alpha value is -0.870. The van der Waals surface area contributed by atoms with Crippen molar-refractivity contribution in [2.24, 2.45) is 5.41 Å². The standard InChI is InChI=1S/C15H20BrNO2/c1-11-4-5-12(13(16)8-11)9-17-7-3-6-15(2,10-17)14(18)19/h4-5,8H,3,6-7,9-10H2,1-2H3,(H,18,19). The van der Waals surface area contributed by atoms with Gasteiger partial charge >= 0.3 is 5.97 Å². The number of piperidine rings is 1. The lowest BCUT2D eigenvalue weighted by molar-refractivity contribution is -0.151. The van der Waals surface area contributed by atoms with Crippen molar-refractivity contribution < 1.29 is 9.90 Å². The van der Waals surface area contributed by atoms with E-state index < -0.39 is 11.4 Å². The third-order valence-electron chi connectivity index (χ3n) is 3.89. The van der Waals surface area contributed by atoms with Gasteiger partial charge in [-0.1, -0.05) is 28.1 Å². The molecular formula is C15H20BrNO2. The number of aryl methyl sites for hydroxylation is 1. The zero-order valence-electron chi connectivity index (χ0n) is 11.4. The molecule has 1 unspecified atom stereocenters. The van der Waals surface area contributed by atoms with Gasteiger partial charge in [0.05, 0.1) is 5.41 Å². The quantitative estimate of drug-likeness (QED) is 0.925. The Bertz CT molecular complexity index is 489. The summed E-state index contributed by atoms with van der Waals surface area (Å²) in [6.45, 7) is 6.33. The number of likely N-dealkylation sites (tertiary alicyclic amines) is 1. The molecule has 0 aromatic heterocycles. The second-order valence-corrected chi connectivity index (χ2v) is 6.63. The molecule has 19 heavy (non-hydrogen) atoms. The lowest BCUT2D eigenvalue weighted by atomic mass is 9.82. The van der Waals surface area contributed by atoms with Crippen LogP contribution in [0, 0.1) is 12.3 Å². The fraction of sp³-hybridized carbons (Fsp3) is 0.533. The third kappa shape index (κ3) is 3.37. The van der Waals surface area contributed by atoms with E-state index >= 15 is 0 Å². The highest BCUT2D eigenvalue weighted by Gasteiger charge is 2.37. The third-order valence-corrected chi connectivity index (χ3v) is 4.63. The molecule has 1 aromatic carbocycles. The van der Waals surface area contributed by atoms with E-state index in [1.165, 1.54) is 11.1 Å². The molecule has 1 N–H and O–H groups in total. The van der Waals surface area contributed by atoms with Crippen LogP contribution in [0.4, 0.5) is 0 Å². The van der Waals surface area contributed by atoms with Crippen LogP contribution in [-0.2, 0) is 11.3 Å². The monoisotopic (exact) mass is 325 g/mol. The van der Waals surface area contributed by atoms with E-state index in [0.717, 1.165) is 30.4 Å². The Labute approximate surface area is 122 Å². The summed E-state index contributed by atoms with van der Waals surface area (Å²) in [5.41, 5.74) is 1.85. The fourth-order valence-electron chi connectivity index (χ4n) is 2.68. The predicted molar refractivity (Wildman–Crippen MR) is 79.1 cm³/mol. The molecule has 0 bridgehead atoms. The Balaban J connectivity index is 2.09. The van der Waals surface area contributed by atoms with Crippen molar-refractivity contribution in [2.45, 2.75) is 33.2 Å². The number of carboxylic acids is 1. The Kier molecular flexibility index (Phi) is 4.31. The van der Waals surface area contributed by atoms with Crippen molar-refractivity contribution in [1.82, 2.24) is 4.90 Å². The second kappa shape index (κ2) is 5.63. The first-order chi connectivity index (χ1) is 8.90. The van der Waals surface area contributed by atoms with Crippen LogP contribution in [0.15, 0.2) is 22.7 Å². The van der Waals surface area contributed by atoms with Gasteiger partial charge in [0.25, 0.3) is 0 Å². The van der Waals surface area contributed by atoms with Crippen molar-refractivity contribution in [3.05, 3.63) is 33.8 Å². The van der Waals surface area contributed by atoms with Crippen LogP contribution in [0.2, 0.25) is 0 Å². The SMILES string of the molecule is Cc1ccc(CN2CCCC(C)(C(=O)O)C2)c(Br)c1. The Morgan fingerprint density at radius 3 is 2.89 bits per heavy atom. The van der Waals surface area contributed by atoms with Crippen molar-refractivity contribution in [1.29, 1.82) is 0 Å². The highest BCUT2D eigenvalue weighted by molar-refractivity contribution is 9.10. The maximum atomic E-state index is 11.3. The molecular weight excluding hydrogens is 306 g/mol. The fourth-order valence-corrected chi connectivity index (χ4v) is 3.29. The maximum Gasteiger partial charge on any atom is 0.310 e. The smallest absolute Gasteiger partial charge is 0.310 e. The summed E-state index contributed by atoms with van der Waals surface area (Å²) in [4.78, 5) is 13.6. The highest BCUT2D eigenvalue weighted by Crippen LogP contribution is 2.31. The minimum atomic E-state index is -0.680. The second-order valence-electron chi connectivity index (χ2n) is 5.77. The van der Waals surface area contributed by atoms with E-state index in [-0.39, 0.29) is 0 Å². The molecule has 0 spiro atoms. The lowest BCUT2D eigenvalue weighted by Gasteiger charge is -2.37. The van der Waals surface area contributed by atoms with E-state index in [1.807, 2.05) is 6.92 Å². The number of halogens is 1. The molecule has 0 radical (unpaired) electrons. The van der Waals surface area contributed by atoms with Crippen LogP contribution in [0.5, 0.6) is 0 Å². The van der Waals surface area contributed by atoms with Gasteiger partial charge in [0.1, 0.15) is 0 Å². The van der Waals surface area contributed by atoms with E-state index in [1.54, 1.807) is 0 Å². The van der Waals surface area contributed by atoms with Gasteiger partial charge in [-0.2, -0.15) is 0 Å². The first kappa shape index (κ1) is 14.5. The molecule has 1 saturated heterocycles. The average molecular weight is 326 g/mol. The summed E-state index contributed by atoms with van der Waals surface area (Å²) in [6, 6.07) is 6.32. The van der Waals surface area contributed by atoms with E-state index in [9.17, 15) is 9.90 Å². The van der Waals surface area contributed by atoms with E-state index in [0.29, 0.717) is 6.54 Å². The average Bonchev–Trinajstić information content (AvgIpc) is 2.33. The normalized spacial score (nSPS) is 24.4. The van der Waals surface area contributed by atoms with Gasteiger partial charge in [0.15, 0.2) is 0 Å². The molecule has 1 fully saturated rings. The summed E-state index contributed by atoms with van der Waals surface area (Å²) in [5.74, 6) is -0.680. The largest absolute Gasteiger partial charge is 0.481 e. The molecule has 104 valence electrons. The number of rotatable bonds is 3. The van der Waals surface area contributed by atoms with Crippen molar-refractivity contribution in [2.75, 3.05) is 13.1 Å². The van der Waals surface area contributed by atoms with Gasteiger partial charge in [-0.15, -0.1) is 0 Å². The molecule has 3 nitrogen and oxygen atoms in total. The molecule has 1 aliphatic heterocycles. The summed E-state index contributed by atoms with van der Waals surface area (Å²) in [7, 11) is 0. The molecule has 0 aliphatic carbocycles. The van der Waals surface area contributed by atoms with Crippen LogP contribution in [0.1, 0.15) is 30.9 Å². The minimum absolute atomic E-state index is 0.602. The van der Waals surface area contributed by atoms with Gasteiger partial charge in [0.2, 0.25) is 0 Å². The number of benzene rings is 1. The summed E-state index contributed by atoms with van der Waals surface area (Å²) in [5, 5.41) is 9.34. The van der Waals surface area contributed by atoms with Crippen LogP contribution in [-0.4, -0.2) is 29.1 Å². The summed E-state index contributed by atoms with van der Waals surface area (Å²) < 4.78 is 1.11. The van der Waals surface area contributed by atoms with E-state index in [4.69, 9.17) is 0 Å². The molecule has 1 heterocycles. The first-order valence-corrected chi connectivity index (χ1v) is 7.41. The summed E-state index contributed by atoms with van der Waals surface area (Å²) >= 11 is 3.59. The summed E-state index contributed by atoms with van der Waals surface area (Å²) in [6.07, 6.45) is 1.72. The van der Waals surface area contributed by atoms with Crippen molar-refractivity contribution in [3.63, 3.8) is 0 Å². The number of nitrogens with zero attached hydrogens (tertiary/aromatic N) is 1. The highest BCUT2D eigenvalue weighted by atomic mass is 79.9. The topological polar surface area (TPSA) is 40.5 Å². The molecule has 4 heteroatoms. The first-order valence-electron chi connectivity index (χ1n) is 6.61. The number of hydrogen-bond donors (Lipinski definition) is 1. The zero-order chi connectivity index (χ0) is 14.0. The minimum Gasteiger partial charge on any atom is -0.481 e. The van der Waals surface area contributed by atoms with Crippen LogP contribution >= 0.6 is 15.9 Å². The van der Waals surface area contributed by atoms with Gasteiger partial charge in [-0.05, 0) is 50.4 Å². The van der Waals surface area contributed by atoms with Crippen molar-refractivity contribution in [3.8, 4) is 0 Å². The predicted octanol–water partition coefficient (Wildman–Crippen LogP) is 3.44. The zero-order valence-corrected chi connectivity index (χ0v) is 13.0. The van der Waals surface area contributed by atoms with Crippen LogP contribution < -0.4 is 0 Å². The van der Waals surface area contributed by atoms with Crippen LogP contribution in [0.3, 0.4) is 0 Å². The molecule has 1 aliphatic rings. The number of hydrogen-bond acceptors (Lipinski definition) is 2. The Morgan fingerprint density at radius 1 is 1.53 bits per heavy atom. The Morgan fingerprint density at radius 2 is 2.26 bits per heavy atom. The number of carboxylic acid groups (broad SMARTS) is 1. The van der Waals surface area contributed by atoms with Gasteiger partial charge < -0.3 is 5.11 Å². The molecule has 0 amide bonds. The number of aliphatic carboxylic acids is 1. The lowest BCUT2D eigenvalue weighted by Crippen LogP contribution is -2.45. The molecule has 2 rings (SSSR count). The molecule has 1 atom stereocenters.